The van der Waals surface area contributed by atoms with Crippen LogP contribution in [0.3, 0.4) is 0 Å². The fraction of sp³-hybridized carbons (Fsp3) is 0.316. The maximum atomic E-state index is 13.2. The Hall–Kier alpha value is -2.93. The number of amides is 1. The molecular formula is C19H21N5O2. The first-order valence-electron chi connectivity index (χ1n) is 8.70. The first kappa shape index (κ1) is 16.5. The molecule has 0 bridgehead atoms. The highest BCUT2D eigenvalue weighted by Crippen LogP contribution is 2.28. The number of aromatic amines is 1. The molecule has 1 aliphatic heterocycles. The number of hydrogen-bond donors (Lipinski definition) is 3. The van der Waals surface area contributed by atoms with Crippen molar-refractivity contribution >= 4 is 16.9 Å². The van der Waals surface area contributed by atoms with Gasteiger partial charge in [-0.25, -0.2) is 4.98 Å². The van der Waals surface area contributed by atoms with E-state index in [9.17, 15) is 9.90 Å². The van der Waals surface area contributed by atoms with Gasteiger partial charge in [-0.15, -0.1) is 0 Å². The van der Waals surface area contributed by atoms with Crippen molar-refractivity contribution in [1.82, 2.24) is 25.4 Å². The molecule has 134 valence electrons. The molecule has 2 aromatic heterocycles. The molecule has 3 heterocycles. The van der Waals surface area contributed by atoms with Crippen molar-refractivity contribution in [3.8, 4) is 17.0 Å². The minimum atomic E-state index is -0.00437. The van der Waals surface area contributed by atoms with Crippen molar-refractivity contribution in [2.75, 3.05) is 19.6 Å². The molecule has 7 nitrogen and oxygen atoms in total. The minimum absolute atomic E-state index is 0.00437. The molecule has 0 spiro atoms. The largest absolute Gasteiger partial charge is 0.508 e. The molecule has 1 fully saturated rings. The number of aryl methyl sites for hydroxylation is 1. The number of aromatic hydroxyl groups is 1. The van der Waals surface area contributed by atoms with Gasteiger partial charge >= 0.3 is 0 Å². The number of nitrogens with zero attached hydrogens (tertiary/aromatic N) is 3. The highest BCUT2D eigenvalue weighted by molar-refractivity contribution is 6.07. The Labute approximate surface area is 151 Å². The van der Waals surface area contributed by atoms with Crippen LogP contribution in [0.25, 0.3) is 22.3 Å². The number of rotatable bonds is 2. The van der Waals surface area contributed by atoms with Gasteiger partial charge < -0.3 is 15.3 Å². The van der Waals surface area contributed by atoms with Crippen LogP contribution < -0.4 is 5.32 Å². The molecule has 26 heavy (non-hydrogen) atoms. The molecule has 1 aliphatic rings. The number of carbonyl (C=O) groups excluding carboxylic acids is 1. The summed E-state index contributed by atoms with van der Waals surface area (Å²) in [5, 5.41) is 20.8. The zero-order chi connectivity index (χ0) is 18.3. The van der Waals surface area contributed by atoms with Gasteiger partial charge in [0.2, 0.25) is 0 Å². The van der Waals surface area contributed by atoms with Gasteiger partial charge in [-0.1, -0.05) is 0 Å². The van der Waals surface area contributed by atoms with Gasteiger partial charge in [0.25, 0.3) is 5.91 Å². The molecule has 3 N–H and O–H groups in total. The molecule has 0 aliphatic carbocycles. The molecule has 1 aromatic carbocycles. The van der Waals surface area contributed by atoms with Crippen LogP contribution in [0, 0.1) is 6.92 Å². The van der Waals surface area contributed by atoms with Crippen LogP contribution in [0.4, 0.5) is 0 Å². The highest BCUT2D eigenvalue weighted by atomic mass is 16.3. The molecule has 1 amide bonds. The average Bonchev–Trinajstić information content (AvgIpc) is 3.02. The summed E-state index contributed by atoms with van der Waals surface area (Å²) >= 11 is 0. The van der Waals surface area contributed by atoms with Crippen LogP contribution in [-0.4, -0.2) is 56.8 Å². The summed E-state index contributed by atoms with van der Waals surface area (Å²) in [5.41, 5.74) is 3.47. The lowest BCUT2D eigenvalue weighted by Crippen LogP contribution is -2.51. The zero-order valence-corrected chi connectivity index (χ0v) is 14.8. The monoisotopic (exact) mass is 351 g/mol. The second kappa shape index (κ2) is 6.42. The molecule has 0 saturated carbocycles. The number of piperazine rings is 1. The molecular weight excluding hydrogens is 330 g/mol. The summed E-state index contributed by atoms with van der Waals surface area (Å²) in [7, 11) is 0. The Morgan fingerprint density at radius 3 is 2.81 bits per heavy atom. The lowest BCUT2D eigenvalue weighted by molar-refractivity contribution is 0.0711. The Bertz CT molecular complexity index is 964. The molecule has 4 rings (SSSR count). The number of carbonyl (C=O) groups is 1. The van der Waals surface area contributed by atoms with Crippen LogP contribution >= 0.6 is 0 Å². The molecule has 1 unspecified atom stereocenters. The summed E-state index contributed by atoms with van der Waals surface area (Å²) in [6, 6.07) is 8.89. The number of fused-ring (bicyclic) bond motifs is 1. The first-order chi connectivity index (χ1) is 12.5. The van der Waals surface area contributed by atoms with E-state index in [1.807, 2.05) is 17.9 Å². The van der Waals surface area contributed by atoms with E-state index in [4.69, 9.17) is 0 Å². The van der Waals surface area contributed by atoms with E-state index in [0.717, 1.165) is 23.2 Å². The predicted molar refractivity (Wildman–Crippen MR) is 99.1 cm³/mol. The third-order valence-electron chi connectivity index (χ3n) is 4.76. The zero-order valence-electron chi connectivity index (χ0n) is 14.8. The number of H-pyrrole nitrogens is 1. The third kappa shape index (κ3) is 2.90. The Morgan fingerprint density at radius 1 is 1.31 bits per heavy atom. The SMILES string of the molecule is Cc1n[nH]c2nc(-c3ccc(O)cc3)cc(C(=O)N3CCNC(C)C3)c12. The fourth-order valence-corrected chi connectivity index (χ4v) is 3.42. The maximum Gasteiger partial charge on any atom is 0.254 e. The van der Waals surface area contributed by atoms with E-state index < -0.39 is 0 Å². The highest BCUT2D eigenvalue weighted by Gasteiger charge is 2.25. The quantitative estimate of drug-likeness (QED) is 0.657. The van der Waals surface area contributed by atoms with Crippen LogP contribution in [-0.2, 0) is 0 Å². The van der Waals surface area contributed by atoms with Crippen LogP contribution in [0.1, 0.15) is 23.0 Å². The lowest BCUT2D eigenvalue weighted by atomic mass is 10.0. The fourth-order valence-electron chi connectivity index (χ4n) is 3.42. The van der Waals surface area contributed by atoms with Gasteiger partial charge in [0.05, 0.1) is 22.3 Å². The first-order valence-corrected chi connectivity index (χ1v) is 8.70. The molecule has 0 radical (unpaired) electrons. The van der Waals surface area contributed by atoms with Crippen LogP contribution in [0.15, 0.2) is 30.3 Å². The Balaban J connectivity index is 1.82. The summed E-state index contributed by atoms with van der Waals surface area (Å²) in [4.78, 5) is 19.7. The smallest absolute Gasteiger partial charge is 0.254 e. The van der Waals surface area contributed by atoms with Crippen molar-refractivity contribution < 1.29 is 9.90 Å². The van der Waals surface area contributed by atoms with E-state index in [1.165, 1.54) is 0 Å². The lowest BCUT2D eigenvalue weighted by Gasteiger charge is -2.32. The molecule has 1 saturated heterocycles. The predicted octanol–water partition coefficient (Wildman–Crippen LogP) is 2.07. The summed E-state index contributed by atoms with van der Waals surface area (Å²) in [5.74, 6) is 0.189. The third-order valence-corrected chi connectivity index (χ3v) is 4.76. The van der Waals surface area contributed by atoms with Gasteiger partial charge in [-0.3, -0.25) is 9.89 Å². The average molecular weight is 351 g/mol. The van der Waals surface area contributed by atoms with E-state index in [0.29, 0.717) is 30.0 Å². The van der Waals surface area contributed by atoms with Crippen LogP contribution in [0.5, 0.6) is 5.75 Å². The second-order valence-electron chi connectivity index (χ2n) is 6.74. The number of hydrogen-bond acceptors (Lipinski definition) is 5. The van der Waals surface area contributed by atoms with E-state index in [-0.39, 0.29) is 17.7 Å². The summed E-state index contributed by atoms with van der Waals surface area (Å²) in [6.45, 7) is 6.09. The standard InChI is InChI=1S/C19H21N5O2/c1-11-10-24(8-7-20-11)19(26)15-9-16(13-3-5-14(25)6-4-13)21-18-17(15)12(2)22-23-18/h3-6,9,11,20,25H,7-8,10H2,1-2H3,(H,21,22,23). The van der Waals surface area contributed by atoms with E-state index >= 15 is 0 Å². The van der Waals surface area contributed by atoms with E-state index in [2.05, 4.69) is 27.4 Å². The van der Waals surface area contributed by atoms with Gasteiger partial charge in [0, 0.05) is 31.2 Å². The maximum absolute atomic E-state index is 13.2. The van der Waals surface area contributed by atoms with E-state index in [1.54, 1.807) is 24.3 Å². The number of phenols is 1. The Morgan fingerprint density at radius 2 is 2.08 bits per heavy atom. The van der Waals surface area contributed by atoms with Gasteiger partial charge in [0.1, 0.15) is 5.75 Å². The van der Waals surface area contributed by atoms with Gasteiger partial charge in [0.15, 0.2) is 5.65 Å². The topological polar surface area (TPSA) is 94.1 Å². The van der Waals surface area contributed by atoms with Crippen molar-refractivity contribution in [2.45, 2.75) is 19.9 Å². The van der Waals surface area contributed by atoms with Crippen molar-refractivity contribution in [3.63, 3.8) is 0 Å². The minimum Gasteiger partial charge on any atom is -0.508 e. The van der Waals surface area contributed by atoms with Gasteiger partial charge in [-0.2, -0.15) is 5.10 Å². The number of phenolic OH excluding ortho intramolecular Hbond substituents is 1. The molecule has 1 atom stereocenters. The summed E-state index contributed by atoms with van der Waals surface area (Å²) in [6.07, 6.45) is 0. The molecule has 3 aromatic rings. The summed E-state index contributed by atoms with van der Waals surface area (Å²) < 4.78 is 0. The Kier molecular flexibility index (Phi) is 4.08. The second-order valence-corrected chi connectivity index (χ2v) is 6.74. The number of aromatic nitrogens is 3. The normalized spacial score (nSPS) is 17.6. The van der Waals surface area contributed by atoms with Crippen molar-refractivity contribution in [3.05, 3.63) is 41.6 Å². The van der Waals surface area contributed by atoms with Gasteiger partial charge in [-0.05, 0) is 44.2 Å². The number of nitrogens with one attached hydrogen (secondary N) is 2. The van der Waals surface area contributed by atoms with Crippen molar-refractivity contribution in [2.24, 2.45) is 0 Å². The van der Waals surface area contributed by atoms with Crippen LogP contribution in [0.2, 0.25) is 0 Å². The number of pyridine rings is 1. The molecule has 7 heteroatoms. The van der Waals surface area contributed by atoms with Crippen molar-refractivity contribution in [1.29, 1.82) is 0 Å². The number of benzene rings is 1.